The van der Waals surface area contributed by atoms with Crippen LogP contribution in [0, 0.1) is 11.3 Å². The van der Waals surface area contributed by atoms with E-state index in [2.05, 4.69) is 16.7 Å². The average Bonchev–Trinajstić information content (AvgIpc) is 2.60. The first-order valence-corrected chi connectivity index (χ1v) is 8.86. The molecule has 0 saturated heterocycles. The molecule has 1 aromatic rings. The molecule has 1 saturated carbocycles. The zero-order valence-corrected chi connectivity index (χ0v) is 14.2. The predicted molar refractivity (Wildman–Crippen MR) is 93.5 cm³/mol. The van der Waals surface area contributed by atoms with E-state index in [1.54, 1.807) is 0 Å². The molecule has 24 heavy (non-hydrogen) atoms. The van der Waals surface area contributed by atoms with E-state index in [4.69, 9.17) is 10.00 Å². The summed E-state index contributed by atoms with van der Waals surface area (Å²) in [6, 6.07) is 10.3. The van der Waals surface area contributed by atoms with Crippen LogP contribution in [0.25, 0.3) is 0 Å². The van der Waals surface area contributed by atoms with Crippen molar-refractivity contribution in [3.8, 4) is 11.8 Å². The van der Waals surface area contributed by atoms with Gasteiger partial charge in [-0.05, 0) is 37.0 Å². The SMILES string of the molecule is N#CCCCOc1cccc(CNCC(=O)NC2CCCCC2)c1. The molecule has 2 rings (SSSR count). The first-order valence-electron chi connectivity index (χ1n) is 8.86. The van der Waals surface area contributed by atoms with E-state index < -0.39 is 0 Å². The minimum atomic E-state index is 0.0748. The highest BCUT2D eigenvalue weighted by molar-refractivity contribution is 5.78. The van der Waals surface area contributed by atoms with Gasteiger partial charge >= 0.3 is 0 Å². The van der Waals surface area contributed by atoms with Crippen molar-refractivity contribution in [1.29, 1.82) is 5.26 Å². The van der Waals surface area contributed by atoms with Gasteiger partial charge in [-0.25, -0.2) is 0 Å². The Labute approximate surface area is 144 Å². The second kappa shape index (κ2) is 10.7. The largest absolute Gasteiger partial charge is 0.494 e. The van der Waals surface area contributed by atoms with Crippen molar-refractivity contribution >= 4 is 5.91 Å². The number of hydrogen-bond donors (Lipinski definition) is 2. The third-order valence-corrected chi connectivity index (χ3v) is 4.19. The Bertz CT molecular complexity index is 548. The highest BCUT2D eigenvalue weighted by Crippen LogP contribution is 2.17. The standard InChI is InChI=1S/C19H27N3O2/c20-11-4-5-12-24-18-10-6-7-16(13-18)14-21-15-19(23)22-17-8-2-1-3-9-17/h6-7,10,13,17,21H,1-5,8-9,12,14-15H2,(H,22,23). The van der Waals surface area contributed by atoms with Crippen LogP contribution in [0.3, 0.4) is 0 Å². The molecule has 1 amide bonds. The first kappa shape index (κ1) is 18.3. The van der Waals surface area contributed by atoms with Crippen LogP contribution in [-0.2, 0) is 11.3 Å². The summed E-state index contributed by atoms with van der Waals surface area (Å²) < 4.78 is 5.62. The topological polar surface area (TPSA) is 74.1 Å². The number of carbonyl (C=O) groups is 1. The van der Waals surface area contributed by atoms with Crippen molar-refractivity contribution < 1.29 is 9.53 Å². The Morgan fingerprint density at radius 3 is 2.92 bits per heavy atom. The van der Waals surface area contributed by atoms with Gasteiger partial charge < -0.3 is 15.4 Å². The van der Waals surface area contributed by atoms with E-state index in [-0.39, 0.29) is 5.91 Å². The zero-order chi connectivity index (χ0) is 17.0. The van der Waals surface area contributed by atoms with E-state index in [0.717, 1.165) is 30.6 Å². The fraction of sp³-hybridized carbons (Fsp3) is 0.579. The monoisotopic (exact) mass is 329 g/mol. The van der Waals surface area contributed by atoms with E-state index >= 15 is 0 Å². The fourth-order valence-corrected chi connectivity index (χ4v) is 2.93. The van der Waals surface area contributed by atoms with Gasteiger partial charge in [0, 0.05) is 19.0 Å². The molecule has 0 atom stereocenters. The van der Waals surface area contributed by atoms with Crippen molar-refractivity contribution in [2.45, 2.75) is 57.5 Å². The third-order valence-electron chi connectivity index (χ3n) is 4.19. The summed E-state index contributed by atoms with van der Waals surface area (Å²) >= 11 is 0. The minimum Gasteiger partial charge on any atom is -0.494 e. The predicted octanol–water partition coefficient (Wildman–Crippen LogP) is 2.91. The van der Waals surface area contributed by atoms with E-state index in [1.165, 1.54) is 19.3 Å². The summed E-state index contributed by atoms with van der Waals surface area (Å²) in [5.41, 5.74) is 1.08. The van der Waals surface area contributed by atoms with Crippen molar-refractivity contribution in [2.24, 2.45) is 0 Å². The number of nitrogens with zero attached hydrogens (tertiary/aromatic N) is 1. The van der Waals surface area contributed by atoms with Gasteiger partial charge in [-0.15, -0.1) is 0 Å². The number of unbranched alkanes of at least 4 members (excludes halogenated alkanes) is 1. The van der Waals surface area contributed by atoms with Gasteiger partial charge in [0.25, 0.3) is 0 Å². The summed E-state index contributed by atoms with van der Waals surface area (Å²) in [4.78, 5) is 11.9. The summed E-state index contributed by atoms with van der Waals surface area (Å²) in [5, 5.41) is 14.8. The third kappa shape index (κ3) is 7.01. The highest BCUT2D eigenvalue weighted by Gasteiger charge is 2.15. The highest BCUT2D eigenvalue weighted by atomic mass is 16.5. The number of hydrogen-bond acceptors (Lipinski definition) is 4. The Balaban J connectivity index is 1.66. The molecular formula is C19H27N3O2. The van der Waals surface area contributed by atoms with Crippen LogP contribution in [0.2, 0.25) is 0 Å². The molecule has 1 aliphatic carbocycles. The molecule has 0 aliphatic heterocycles. The van der Waals surface area contributed by atoms with Crippen LogP contribution in [0.1, 0.15) is 50.5 Å². The second-order valence-electron chi connectivity index (χ2n) is 6.26. The summed E-state index contributed by atoms with van der Waals surface area (Å²) in [6.07, 6.45) is 7.20. The normalized spacial score (nSPS) is 14.8. The van der Waals surface area contributed by atoms with Crippen LogP contribution >= 0.6 is 0 Å². The molecule has 2 N–H and O–H groups in total. The average molecular weight is 329 g/mol. The molecule has 1 aromatic carbocycles. The van der Waals surface area contributed by atoms with Gasteiger partial charge in [0.15, 0.2) is 0 Å². The maximum atomic E-state index is 11.9. The van der Waals surface area contributed by atoms with Crippen LogP contribution in [0.15, 0.2) is 24.3 Å². The fourth-order valence-electron chi connectivity index (χ4n) is 2.93. The molecule has 1 fully saturated rings. The Morgan fingerprint density at radius 2 is 2.12 bits per heavy atom. The van der Waals surface area contributed by atoms with Crippen LogP contribution in [0.4, 0.5) is 0 Å². The maximum absolute atomic E-state index is 11.9. The molecule has 0 bridgehead atoms. The van der Waals surface area contributed by atoms with Crippen molar-refractivity contribution in [3.05, 3.63) is 29.8 Å². The van der Waals surface area contributed by atoms with E-state index in [1.807, 2.05) is 24.3 Å². The second-order valence-corrected chi connectivity index (χ2v) is 6.26. The molecule has 0 unspecified atom stereocenters. The quantitative estimate of drug-likeness (QED) is 0.683. The summed E-state index contributed by atoms with van der Waals surface area (Å²) in [6.45, 7) is 1.52. The lowest BCUT2D eigenvalue weighted by atomic mass is 9.95. The Hall–Kier alpha value is -2.06. The molecule has 0 radical (unpaired) electrons. The van der Waals surface area contributed by atoms with Crippen molar-refractivity contribution in [1.82, 2.24) is 10.6 Å². The van der Waals surface area contributed by atoms with Gasteiger partial charge in [0.05, 0.1) is 19.2 Å². The molecule has 130 valence electrons. The molecule has 5 nitrogen and oxygen atoms in total. The number of amides is 1. The number of benzene rings is 1. The summed E-state index contributed by atoms with van der Waals surface area (Å²) in [5.74, 6) is 0.879. The van der Waals surface area contributed by atoms with Gasteiger partial charge in [-0.3, -0.25) is 4.79 Å². The van der Waals surface area contributed by atoms with Gasteiger partial charge in [-0.2, -0.15) is 5.26 Å². The van der Waals surface area contributed by atoms with Crippen LogP contribution < -0.4 is 15.4 Å². The Kier molecular flexibility index (Phi) is 8.12. The smallest absolute Gasteiger partial charge is 0.234 e. The molecular weight excluding hydrogens is 302 g/mol. The number of ether oxygens (including phenoxy) is 1. The van der Waals surface area contributed by atoms with Crippen molar-refractivity contribution in [3.63, 3.8) is 0 Å². The zero-order valence-electron chi connectivity index (χ0n) is 14.2. The van der Waals surface area contributed by atoms with Crippen molar-refractivity contribution in [2.75, 3.05) is 13.2 Å². The number of carbonyl (C=O) groups excluding carboxylic acids is 1. The van der Waals surface area contributed by atoms with Crippen LogP contribution in [0.5, 0.6) is 5.75 Å². The first-order chi connectivity index (χ1) is 11.8. The van der Waals surface area contributed by atoms with E-state index in [0.29, 0.717) is 32.2 Å². The molecule has 0 spiro atoms. The Morgan fingerprint density at radius 1 is 1.29 bits per heavy atom. The van der Waals surface area contributed by atoms with Gasteiger partial charge in [0.1, 0.15) is 5.75 Å². The number of nitrogens with one attached hydrogen (secondary N) is 2. The van der Waals surface area contributed by atoms with Crippen LogP contribution in [-0.4, -0.2) is 25.1 Å². The lowest BCUT2D eigenvalue weighted by Crippen LogP contribution is -2.41. The number of nitriles is 1. The lowest BCUT2D eigenvalue weighted by molar-refractivity contribution is -0.121. The van der Waals surface area contributed by atoms with Gasteiger partial charge in [0.2, 0.25) is 5.91 Å². The molecule has 0 aromatic heterocycles. The lowest BCUT2D eigenvalue weighted by Gasteiger charge is -2.22. The molecule has 5 heteroatoms. The minimum absolute atomic E-state index is 0.0748. The molecule has 1 aliphatic rings. The molecule has 0 heterocycles. The maximum Gasteiger partial charge on any atom is 0.234 e. The van der Waals surface area contributed by atoms with E-state index in [9.17, 15) is 4.79 Å². The summed E-state index contributed by atoms with van der Waals surface area (Å²) in [7, 11) is 0. The number of rotatable bonds is 9. The van der Waals surface area contributed by atoms with Gasteiger partial charge in [-0.1, -0.05) is 31.4 Å².